The summed E-state index contributed by atoms with van der Waals surface area (Å²) < 4.78 is 5.00. The highest BCUT2D eigenvalue weighted by Gasteiger charge is 2.13. The van der Waals surface area contributed by atoms with Crippen molar-refractivity contribution in [3.63, 3.8) is 0 Å². The van der Waals surface area contributed by atoms with Crippen LogP contribution in [-0.2, 0) is 4.74 Å². The number of aromatic nitrogens is 2. The van der Waals surface area contributed by atoms with Gasteiger partial charge in [0.2, 0.25) is 0 Å². The number of rotatable bonds is 6. The summed E-state index contributed by atoms with van der Waals surface area (Å²) in [5, 5.41) is 3.29. The molecule has 5 heteroatoms. The lowest BCUT2D eigenvalue weighted by atomic mass is 10.4. The molecule has 94 valence electrons. The number of ether oxygens (including phenoxy) is 1. The lowest BCUT2D eigenvalue weighted by Crippen LogP contribution is -2.19. The Bertz CT molecular complexity index is 339. The molecule has 0 bridgehead atoms. The van der Waals surface area contributed by atoms with Gasteiger partial charge >= 0.3 is 0 Å². The molecule has 2 rings (SSSR count). The molecule has 0 aliphatic carbocycles. The Morgan fingerprint density at radius 2 is 2.18 bits per heavy atom. The fourth-order valence-electron chi connectivity index (χ4n) is 2.00. The molecule has 0 unspecified atom stereocenters. The Morgan fingerprint density at radius 3 is 2.94 bits per heavy atom. The van der Waals surface area contributed by atoms with Crippen molar-refractivity contribution in [2.24, 2.45) is 0 Å². The predicted octanol–water partition coefficient (Wildman–Crippen LogP) is 1.53. The van der Waals surface area contributed by atoms with Crippen LogP contribution in [0.15, 0.2) is 12.4 Å². The van der Waals surface area contributed by atoms with E-state index in [1.165, 1.54) is 12.8 Å². The smallest absolute Gasteiger partial charge is 0.134 e. The third kappa shape index (κ3) is 3.56. The summed E-state index contributed by atoms with van der Waals surface area (Å²) in [5.41, 5.74) is 0. The molecule has 1 aromatic heterocycles. The Morgan fingerprint density at radius 1 is 1.35 bits per heavy atom. The predicted molar refractivity (Wildman–Crippen MR) is 68.5 cm³/mol. The van der Waals surface area contributed by atoms with Gasteiger partial charge in [0.1, 0.15) is 18.0 Å². The van der Waals surface area contributed by atoms with Crippen LogP contribution in [0.1, 0.15) is 19.3 Å². The Labute approximate surface area is 102 Å². The third-order valence-electron chi connectivity index (χ3n) is 2.91. The fourth-order valence-corrected chi connectivity index (χ4v) is 2.00. The van der Waals surface area contributed by atoms with Gasteiger partial charge in [-0.05, 0) is 19.3 Å². The monoisotopic (exact) mass is 236 g/mol. The quantitative estimate of drug-likeness (QED) is 0.759. The summed E-state index contributed by atoms with van der Waals surface area (Å²) in [6.07, 6.45) is 5.15. The minimum absolute atomic E-state index is 0.775. The van der Waals surface area contributed by atoms with E-state index in [0.29, 0.717) is 0 Å². The van der Waals surface area contributed by atoms with Crippen molar-refractivity contribution in [3.05, 3.63) is 12.4 Å². The molecule has 1 fully saturated rings. The molecule has 5 nitrogen and oxygen atoms in total. The normalized spacial score (nSPS) is 15.2. The summed E-state index contributed by atoms with van der Waals surface area (Å²) in [6.45, 7) is 3.88. The second-order valence-electron chi connectivity index (χ2n) is 4.23. The van der Waals surface area contributed by atoms with Gasteiger partial charge in [-0.3, -0.25) is 0 Å². The zero-order valence-electron chi connectivity index (χ0n) is 10.4. The van der Waals surface area contributed by atoms with Crippen LogP contribution in [0.25, 0.3) is 0 Å². The van der Waals surface area contributed by atoms with Gasteiger partial charge in [-0.15, -0.1) is 0 Å². The number of nitrogens with zero attached hydrogens (tertiary/aromatic N) is 3. The van der Waals surface area contributed by atoms with E-state index in [-0.39, 0.29) is 0 Å². The molecule has 0 saturated carbocycles. The topological polar surface area (TPSA) is 50.3 Å². The maximum absolute atomic E-state index is 5.00. The average Bonchev–Trinajstić information content (AvgIpc) is 2.89. The van der Waals surface area contributed by atoms with Gasteiger partial charge in [0, 0.05) is 39.4 Å². The molecule has 0 aromatic carbocycles. The zero-order valence-corrected chi connectivity index (χ0v) is 10.4. The number of hydrogen-bond acceptors (Lipinski definition) is 5. The molecule has 0 atom stereocenters. The van der Waals surface area contributed by atoms with Crippen molar-refractivity contribution in [2.45, 2.75) is 19.3 Å². The van der Waals surface area contributed by atoms with Crippen molar-refractivity contribution < 1.29 is 4.74 Å². The highest BCUT2D eigenvalue weighted by Crippen LogP contribution is 2.19. The second kappa shape index (κ2) is 6.39. The molecule has 0 amide bonds. The van der Waals surface area contributed by atoms with E-state index in [0.717, 1.165) is 44.3 Å². The highest BCUT2D eigenvalue weighted by atomic mass is 16.5. The molecular weight excluding hydrogens is 216 g/mol. The minimum atomic E-state index is 0.775. The number of methoxy groups -OCH3 is 1. The largest absolute Gasteiger partial charge is 0.385 e. The van der Waals surface area contributed by atoms with Crippen molar-refractivity contribution in [3.8, 4) is 0 Å². The van der Waals surface area contributed by atoms with Crippen LogP contribution < -0.4 is 10.2 Å². The SMILES string of the molecule is COCCCNc1cc(N2CCCC2)ncn1. The highest BCUT2D eigenvalue weighted by molar-refractivity contribution is 5.48. The molecule has 1 aliphatic heterocycles. The first-order valence-electron chi connectivity index (χ1n) is 6.20. The Hall–Kier alpha value is -1.36. The molecule has 17 heavy (non-hydrogen) atoms. The van der Waals surface area contributed by atoms with Gasteiger partial charge in [-0.1, -0.05) is 0 Å². The molecule has 1 aromatic rings. The van der Waals surface area contributed by atoms with Gasteiger partial charge in [0.05, 0.1) is 0 Å². The van der Waals surface area contributed by atoms with E-state index in [2.05, 4.69) is 20.2 Å². The molecular formula is C12H20N4O. The van der Waals surface area contributed by atoms with Crippen molar-refractivity contribution in [1.82, 2.24) is 9.97 Å². The van der Waals surface area contributed by atoms with Crippen LogP contribution in [0.3, 0.4) is 0 Å². The zero-order chi connectivity index (χ0) is 11.9. The standard InChI is InChI=1S/C12H20N4O/c1-17-8-4-5-13-11-9-12(15-10-14-11)16-6-2-3-7-16/h9-10H,2-8H2,1H3,(H,13,14,15). The molecule has 2 heterocycles. The first-order chi connectivity index (χ1) is 8.40. The Balaban J connectivity index is 1.87. The Kier molecular flexibility index (Phi) is 4.55. The molecule has 0 spiro atoms. The van der Waals surface area contributed by atoms with E-state index in [1.807, 2.05) is 6.07 Å². The van der Waals surface area contributed by atoms with E-state index in [9.17, 15) is 0 Å². The third-order valence-corrected chi connectivity index (χ3v) is 2.91. The van der Waals surface area contributed by atoms with Crippen LogP contribution in [-0.4, -0.2) is 43.3 Å². The summed E-state index contributed by atoms with van der Waals surface area (Å²) in [5.74, 6) is 1.93. The molecule has 1 N–H and O–H groups in total. The first-order valence-corrected chi connectivity index (χ1v) is 6.20. The molecule has 1 saturated heterocycles. The summed E-state index contributed by atoms with van der Waals surface area (Å²) >= 11 is 0. The lowest BCUT2D eigenvalue weighted by Gasteiger charge is -2.16. The average molecular weight is 236 g/mol. The summed E-state index contributed by atoms with van der Waals surface area (Å²) in [6, 6.07) is 2.03. The van der Waals surface area contributed by atoms with Crippen molar-refractivity contribution in [1.29, 1.82) is 0 Å². The fraction of sp³-hybridized carbons (Fsp3) is 0.667. The van der Waals surface area contributed by atoms with Gasteiger partial charge in [-0.2, -0.15) is 0 Å². The second-order valence-corrected chi connectivity index (χ2v) is 4.23. The van der Waals surface area contributed by atoms with E-state index in [1.54, 1.807) is 13.4 Å². The number of anilines is 2. The van der Waals surface area contributed by atoms with Crippen molar-refractivity contribution >= 4 is 11.6 Å². The van der Waals surface area contributed by atoms with E-state index >= 15 is 0 Å². The minimum Gasteiger partial charge on any atom is -0.385 e. The number of nitrogens with one attached hydrogen (secondary N) is 1. The maximum Gasteiger partial charge on any atom is 0.134 e. The number of hydrogen-bond donors (Lipinski definition) is 1. The van der Waals surface area contributed by atoms with Gasteiger partial charge in [-0.25, -0.2) is 9.97 Å². The van der Waals surface area contributed by atoms with Crippen molar-refractivity contribution in [2.75, 3.05) is 43.6 Å². The summed E-state index contributed by atoms with van der Waals surface area (Å²) in [4.78, 5) is 10.8. The van der Waals surface area contributed by atoms with Gasteiger partial charge in [0.25, 0.3) is 0 Å². The van der Waals surface area contributed by atoms with E-state index in [4.69, 9.17) is 4.74 Å². The molecule has 0 radical (unpaired) electrons. The van der Waals surface area contributed by atoms with E-state index < -0.39 is 0 Å². The lowest BCUT2D eigenvalue weighted by molar-refractivity contribution is 0.198. The van der Waals surface area contributed by atoms with Crippen LogP contribution in [0.5, 0.6) is 0 Å². The van der Waals surface area contributed by atoms with Crippen LogP contribution in [0.2, 0.25) is 0 Å². The van der Waals surface area contributed by atoms with Crippen LogP contribution in [0, 0.1) is 0 Å². The summed E-state index contributed by atoms with van der Waals surface area (Å²) in [7, 11) is 1.72. The first kappa shape index (κ1) is 12.1. The van der Waals surface area contributed by atoms with Crippen LogP contribution in [0.4, 0.5) is 11.6 Å². The maximum atomic E-state index is 5.00. The van der Waals surface area contributed by atoms with Gasteiger partial charge < -0.3 is 15.0 Å². The molecule has 1 aliphatic rings. The van der Waals surface area contributed by atoms with Crippen LogP contribution >= 0.6 is 0 Å². The van der Waals surface area contributed by atoms with Gasteiger partial charge in [0.15, 0.2) is 0 Å².